The minimum absolute atomic E-state index is 0.215. The van der Waals surface area contributed by atoms with E-state index in [1.165, 1.54) is 5.56 Å². The molecule has 0 aliphatic rings. The first kappa shape index (κ1) is 17.3. The van der Waals surface area contributed by atoms with Crippen molar-refractivity contribution in [2.75, 3.05) is 19.8 Å². The van der Waals surface area contributed by atoms with Gasteiger partial charge in [-0.15, -0.1) is 6.42 Å². The van der Waals surface area contributed by atoms with E-state index in [2.05, 4.69) is 23.0 Å². The van der Waals surface area contributed by atoms with E-state index in [0.29, 0.717) is 13.1 Å². The second-order valence-electron chi connectivity index (χ2n) is 5.54. The third-order valence-electron chi connectivity index (χ3n) is 3.39. The highest BCUT2D eigenvalue weighted by atomic mass is 16.5. The first-order valence-corrected chi connectivity index (χ1v) is 7.68. The molecule has 0 saturated carbocycles. The maximum absolute atomic E-state index is 10.1. The Balaban J connectivity index is 1.97. The van der Waals surface area contributed by atoms with Crippen LogP contribution in [0.3, 0.4) is 0 Å². The molecule has 4 nitrogen and oxygen atoms in total. The first-order chi connectivity index (χ1) is 11.2. The minimum atomic E-state index is -0.594. The molecule has 1 atom stereocenters. The van der Waals surface area contributed by atoms with Gasteiger partial charge in [0.1, 0.15) is 18.1 Å². The zero-order valence-electron chi connectivity index (χ0n) is 13.4. The number of ether oxygens (including phenoxy) is 1. The average molecular weight is 313 g/mol. The molecule has 1 heterocycles. The lowest BCUT2D eigenvalue weighted by Crippen LogP contribution is -2.34. The molecule has 0 bridgehead atoms. The van der Waals surface area contributed by atoms with Gasteiger partial charge >= 0.3 is 0 Å². The number of aliphatic hydroxyl groups excluding tert-OH is 1. The number of hydrogen-bond acceptors (Lipinski definition) is 4. The number of hydrogen-bond donors (Lipinski definition) is 1. The van der Waals surface area contributed by atoms with Crippen molar-refractivity contribution in [3.8, 4) is 12.3 Å². The van der Waals surface area contributed by atoms with Crippen molar-refractivity contribution in [2.24, 2.45) is 0 Å². The van der Waals surface area contributed by atoms with Gasteiger partial charge in [0.05, 0.1) is 19.3 Å². The molecule has 2 aromatic rings. The minimum Gasteiger partial charge on any atom is -0.465 e. The predicted octanol–water partition coefficient (Wildman–Crippen LogP) is 2.60. The second-order valence-corrected chi connectivity index (χ2v) is 5.54. The Bertz CT molecular complexity index is 615. The summed E-state index contributed by atoms with van der Waals surface area (Å²) in [5, 5.41) is 10.1. The molecule has 0 radical (unpaired) electrons. The number of aryl methyl sites for hydroxylation is 1. The van der Waals surface area contributed by atoms with Crippen molar-refractivity contribution in [3.05, 3.63) is 59.5 Å². The van der Waals surface area contributed by atoms with Crippen LogP contribution in [0, 0.1) is 19.3 Å². The molecule has 1 aromatic carbocycles. The zero-order chi connectivity index (χ0) is 16.5. The van der Waals surface area contributed by atoms with Crippen molar-refractivity contribution in [1.82, 2.24) is 4.90 Å². The summed E-state index contributed by atoms with van der Waals surface area (Å²) < 4.78 is 10.9. The van der Waals surface area contributed by atoms with Crippen LogP contribution < -0.4 is 0 Å². The van der Waals surface area contributed by atoms with Crippen LogP contribution >= 0.6 is 0 Å². The molecule has 2 rings (SSSR count). The van der Waals surface area contributed by atoms with E-state index in [1.807, 2.05) is 37.3 Å². The van der Waals surface area contributed by atoms with Crippen LogP contribution in [0.5, 0.6) is 0 Å². The number of furan rings is 1. The Morgan fingerprint density at radius 3 is 2.65 bits per heavy atom. The Hall–Kier alpha value is -2.06. The van der Waals surface area contributed by atoms with Gasteiger partial charge in [-0.25, -0.2) is 0 Å². The Labute approximate surface area is 137 Å². The molecule has 0 aliphatic heterocycles. The van der Waals surface area contributed by atoms with Crippen molar-refractivity contribution < 1.29 is 14.3 Å². The summed E-state index contributed by atoms with van der Waals surface area (Å²) in [6, 6.07) is 14.1. The van der Waals surface area contributed by atoms with E-state index >= 15 is 0 Å². The molecule has 1 N–H and O–H groups in total. The fourth-order valence-electron chi connectivity index (χ4n) is 2.42. The van der Waals surface area contributed by atoms with Crippen LogP contribution in [0.15, 0.2) is 46.9 Å². The highest BCUT2D eigenvalue weighted by molar-refractivity contribution is 5.15. The van der Waals surface area contributed by atoms with Gasteiger partial charge in [0, 0.05) is 13.1 Å². The van der Waals surface area contributed by atoms with Crippen LogP contribution in [-0.2, 0) is 17.8 Å². The molecular formula is C19H23NO3. The molecule has 0 fully saturated rings. The zero-order valence-corrected chi connectivity index (χ0v) is 13.4. The lowest BCUT2D eigenvalue weighted by atomic mass is 10.2. The van der Waals surface area contributed by atoms with E-state index in [1.54, 1.807) is 0 Å². The van der Waals surface area contributed by atoms with Gasteiger partial charge in [-0.3, -0.25) is 4.90 Å². The number of terminal acetylenes is 1. The first-order valence-electron chi connectivity index (χ1n) is 7.68. The van der Waals surface area contributed by atoms with Crippen LogP contribution in [0.2, 0.25) is 0 Å². The highest BCUT2D eigenvalue weighted by Gasteiger charge is 2.14. The topological polar surface area (TPSA) is 45.8 Å². The van der Waals surface area contributed by atoms with E-state index in [4.69, 9.17) is 15.6 Å². The average Bonchev–Trinajstić information content (AvgIpc) is 2.93. The third kappa shape index (κ3) is 6.29. The summed E-state index contributed by atoms with van der Waals surface area (Å²) in [7, 11) is 0. The number of aliphatic hydroxyl groups is 1. The Morgan fingerprint density at radius 2 is 2.00 bits per heavy atom. The Morgan fingerprint density at radius 1 is 1.22 bits per heavy atom. The molecule has 4 heteroatoms. The molecule has 0 amide bonds. The third-order valence-corrected chi connectivity index (χ3v) is 3.39. The van der Waals surface area contributed by atoms with E-state index in [-0.39, 0.29) is 13.2 Å². The normalized spacial score (nSPS) is 12.3. The maximum Gasteiger partial charge on any atom is 0.118 e. The second kappa shape index (κ2) is 9.16. The van der Waals surface area contributed by atoms with Crippen LogP contribution in [0.25, 0.3) is 0 Å². The van der Waals surface area contributed by atoms with Gasteiger partial charge in [0.25, 0.3) is 0 Å². The SMILES string of the molecule is C#CCOC[C@H](O)CN(Cc1ccccc1)Cc1ccc(C)o1. The number of benzene rings is 1. The van der Waals surface area contributed by atoms with Gasteiger partial charge in [-0.2, -0.15) is 0 Å². The van der Waals surface area contributed by atoms with Crippen LogP contribution in [0.1, 0.15) is 17.1 Å². The molecule has 1 aromatic heterocycles. The summed E-state index contributed by atoms with van der Waals surface area (Å²) in [5.74, 6) is 4.17. The lowest BCUT2D eigenvalue weighted by molar-refractivity contribution is 0.0230. The summed E-state index contributed by atoms with van der Waals surface area (Å²) in [4.78, 5) is 2.14. The quantitative estimate of drug-likeness (QED) is 0.571. The van der Waals surface area contributed by atoms with Gasteiger partial charge in [-0.05, 0) is 24.6 Å². The van der Waals surface area contributed by atoms with Gasteiger partial charge in [-0.1, -0.05) is 36.3 Å². The van der Waals surface area contributed by atoms with Crippen molar-refractivity contribution >= 4 is 0 Å². The summed E-state index contributed by atoms with van der Waals surface area (Å²) >= 11 is 0. The highest BCUT2D eigenvalue weighted by Crippen LogP contribution is 2.13. The predicted molar refractivity (Wildman–Crippen MR) is 89.7 cm³/mol. The molecule has 23 heavy (non-hydrogen) atoms. The number of rotatable bonds is 9. The van der Waals surface area contributed by atoms with Gasteiger partial charge < -0.3 is 14.3 Å². The van der Waals surface area contributed by atoms with Gasteiger partial charge in [0.15, 0.2) is 0 Å². The maximum atomic E-state index is 10.1. The van der Waals surface area contributed by atoms with Gasteiger partial charge in [0.2, 0.25) is 0 Å². The fraction of sp³-hybridized carbons (Fsp3) is 0.368. The molecular weight excluding hydrogens is 290 g/mol. The van der Waals surface area contributed by atoms with E-state index in [0.717, 1.165) is 18.1 Å². The van der Waals surface area contributed by atoms with E-state index in [9.17, 15) is 5.11 Å². The molecule has 122 valence electrons. The molecule has 0 aliphatic carbocycles. The molecule has 0 spiro atoms. The molecule has 0 unspecified atom stereocenters. The van der Waals surface area contributed by atoms with Crippen LogP contribution in [0.4, 0.5) is 0 Å². The van der Waals surface area contributed by atoms with Crippen molar-refractivity contribution in [2.45, 2.75) is 26.1 Å². The fourth-order valence-corrected chi connectivity index (χ4v) is 2.42. The standard InChI is InChI=1S/C19H23NO3/c1-3-11-22-15-18(21)13-20(12-17-7-5-4-6-8-17)14-19-10-9-16(2)23-19/h1,4-10,18,21H,11-15H2,2H3/t18-/m1/s1. The molecule has 0 saturated heterocycles. The smallest absolute Gasteiger partial charge is 0.118 e. The van der Waals surface area contributed by atoms with E-state index < -0.39 is 6.10 Å². The monoisotopic (exact) mass is 313 g/mol. The Kier molecular flexibility index (Phi) is 6.89. The largest absolute Gasteiger partial charge is 0.465 e. The van der Waals surface area contributed by atoms with Crippen molar-refractivity contribution in [1.29, 1.82) is 0 Å². The summed E-state index contributed by atoms with van der Waals surface area (Å²) in [5.41, 5.74) is 1.19. The van der Waals surface area contributed by atoms with Crippen LogP contribution in [-0.4, -0.2) is 35.9 Å². The lowest BCUT2D eigenvalue weighted by Gasteiger charge is -2.24. The summed E-state index contributed by atoms with van der Waals surface area (Å²) in [6.07, 6.45) is 4.55. The summed E-state index contributed by atoms with van der Waals surface area (Å²) in [6.45, 7) is 4.22. The number of nitrogens with zero attached hydrogens (tertiary/aromatic N) is 1. The van der Waals surface area contributed by atoms with Crippen molar-refractivity contribution in [3.63, 3.8) is 0 Å².